The fraction of sp³-hybridized carbons (Fsp3) is 0.350. The van der Waals surface area contributed by atoms with E-state index >= 15 is 0 Å². The van der Waals surface area contributed by atoms with Crippen LogP contribution in [-0.2, 0) is 14.8 Å². The van der Waals surface area contributed by atoms with Crippen LogP contribution in [0.3, 0.4) is 0 Å². The molecule has 2 aromatic carbocycles. The van der Waals surface area contributed by atoms with Gasteiger partial charge in [-0.2, -0.15) is 4.31 Å². The lowest BCUT2D eigenvalue weighted by Gasteiger charge is -2.18. The van der Waals surface area contributed by atoms with Crippen LogP contribution in [0.15, 0.2) is 58.3 Å². The van der Waals surface area contributed by atoms with Crippen molar-refractivity contribution in [3.05, 3.63) is 54.1 Å². The summed E-state index contributed by atoms with van der Waals surface area (Å²) in [4.78, 5) is 13.8. The summed E-state index contributed by atoms with van der Waals surface area (Å²) in [6.45, 7) is 5.03. The molecule has 0 spiro atoms. The van der Waals surface area contributed by atoms with Crippen molar-refractivity contribution < 1.29 is 17.9 Å². The number of nitrogens with zero attached hydrogens (tertiary/aromatic N) is 1. The molecule has 0 aliphatic heterocycles. The Kier molecular flexibility index (Phi) is 8.50. The Morgan fingerprint density at radius 1 is 1.07 bits per heavy atom. The molecule has 0 atom stereocenters. The van der Waals surface area contributed by atoms with Crippen LogP contribution < -0.4 is 5.32 Å². The van der Waals surface area contributed by atoms with E-state index in [0.717, 1.165) is 10.6 Å². The second-order valence-electron chi connectivity index (χ2n) is 5.91. The quantitative estimate of drug-likeness (QED) is 0.467. The van der Waals surface area contributed by atoms with Crippen LogP contribution in [0, 0.1) is 0 Å². The summed E-state index contributed by atoms with van der Waals surface area (Å²) in [5, 5.41) is 2.83. The van der Waals surface area contributed by atoms with Crippen LogP contribution in [0.1, 0.15) is 24.2 Å². The lowest BCUT2D eigenvalue weighted by atomic mass is 10.2. The predicted molar refractivity (Wildman–Crippen MR) is 114 cm³/mol. The van der Waals surface area contributed by atoms with E-state index < -0.39 is 10.0 Å². The van der Waals surface area contributed by atoms with Crippen LogP contribution in [0.2, 0.25) is 0 Å². The molecule has 6 nitrogen and oxygen atoms in total. The maximum absolute atomic E-state index is 12.7. The highest BCUT2D eigenvalue weighted by atomic mass is 32.2. The van der Waals surface area contributed by atoms with E-state index in [1.807, 2.05) is 18.2 Å². The van der Waals surface area contributed by atoms with E-state index in [2.05, 4.69) is 5.32 Å². The predicted octanol–water partition coefficient (Wildman–Crippen LogP) is 3.71. The smallest absolute Gasteiger partial charge is 0.256 e. The van der Waals surface area contributed by atoms with Crippen molar-refractivity contribution in [3.63, 3.8) is 0 Å². The van der Waals surface area contributed by atoms with E-state index in [1.54, 1.807) is 50.9 Å². The van der Waals surface area contributed by atoms with Crippen LogP contribution in [0.5, 0.6) is 0 Å². The highest BCUT2D eigenvalue weighted by molar-refractivity contribution is 7.99. The van der Waals surface area contributed by atoms with E-state index in [-0.39, 0.29) is 10.8 Å². The van der Waals surface area contributed by atoms with Gasteiger partial charge in [-0.1, -0.05) is 26.0 Å². The van der Waals surface area contributed by atoms with Crippen LogP contribution in [-0.4, -0.2) is 51.2 Å². The lowest BCUT2D eigenvalue weighted by Crippen LogP contribution is -2.30. The zero-order valence-corrected chi connectivity index (χ0v) is 18.0. The standard InChI is InChI=1S/C20H26N2O4S2/c1-4-22(5-2)28(24,25)17-12-10-16(11-13-17)21-20(23)18-8-6-7-9-19(18)27-15-14-26-3/h6-13H,4-5,14-15H2,1-3H3,(H,21,23). The van der Waals surface area contributed by atoms with Gasteiger partial charge in [-0.25, -0.2) is 8.42 Å². The van der Waals surface area contributed by atoms with Crippen molar-refractivity contribution in [2.24, 2.45) is 0 Å². The zero-order chi connectivity index (χ0) is 20.6. The summed E-state index contributed by atoms with van der Waals surface area (Å²) >= 11 is 1.55. The number of rotatable bonds is 10. The molecule has 0 saturated carbocycles. The maximum Gasteiger partial charge on any atom is 0.256 e. The Bertz CT molecular complexity index is 879. The number of hydrogen-bond acceptors (Lipinski definition) is 5. The minimum atomic E-state index is -3.51. The molecule has 152 valence electrons. The number of sulfonamides is 1. The van der Waals surface area contributed by atoms with Gasteiger partial charge in [0.05, 0.1) is 17.1 Å². The van der Waals surface area contributed by atoms with Crippen molar-refractivity contribution in [2.75, 3.05) is 37.9 Å². The van der Waals surface area contributed by atoms with Crippen molar-refractivity contribution in [1.29, 1.82) is 0 Å². The SMILES string of the molecule is CCN(CC)S(=O)(=O)c1ccc(NC(=O)c2ccccc2SCCOC)cc1. The number of amides is 1. The van der Waals surface area contributed by atoms with Gasteiger partial charge in [-0.05, 0) is 36.4 Å². The van der Waals surface area contributed by atoms with Crippen molar-refractivity contribution in [2.45, 2.75) is 23.6 Å². The minimum absolute atomic E-state index is 0.213. The molecule has 28 heavy (non-hydrogen) atoms. The average Bonchev–Trinajstić information content (AvgIpc) is 2.69. The van der Waals surface area contributed by atoms with Crippen LogP contribution >= 0.6 is 11.8 Å². The molecule has 1 amide bonds. The fourth-order valence-electron chi connectivity index (χ4n) is 2.64. The second-order valence-corrected chi connectivity index (χ2v) is 8.98. The summed E-state index contributed by atoms with van der Waals surface area (Å²) in [6, 6.07) is 13.6. The average molecular weight is 423 g/mol. The van der Waals surface area contributed by atoms with Crippen LogP contribution in [0.4, 0.5) is 5.69 Å². The molecule has 8 heteroatoms. The highest BCUT2D eigenvalue weighted by Gasteiger charge is 2.21. The summed E-state index contributed by atoms with van der Waals surface area (Å²) in [5.74, 6) is 0.512. The van der Waals surface area contributed by atoms with E-state index in [4.69, 9.17) is 4.74 Å². The molecule has 0 aromatic heterocycles. The van der Waals surface area contributed by atoms with Gasteiger partial charge in [-0.15, -0.1) is 11.8 Å². The first-order valence-corrected chi connectivity index (χ1v) is 11.5. The largest absolute Gasteiger partial charge is 0.384 e. The molecule has 0 heterocycles. The lowest BCUT2D eigenvalue weighted by molar-refractivity contribution is 0.102. The number of methoxy groups -OCH3 is 1. The number of carbonyl (C=O) groups excluding carboxylic acids is 1. The molecule has 2 rings (SSSR count). The Labute approximate surface area is 171 Å². The molecule has 0 aliphatic rings. The summed E-state index contributed by atoms with van der Waals surface area (Å²) in [6.07, 6.45) is 0. The summed E-state index contributed by atoms with van der Waals surface area (Å²) in [7, 11) is -1.87. The molecular weight excluding hydrogens is 396 g/mol. The van der Waals surface area contributed by atoms with Crippen molar-refractivity contribution in [1.82, 2.24) is 4.31 Å². The Morgan fingerprint density at radius 2 is 1.71 bits per heavy atom. The number of carbonyl (C=O) groups is 1. The second kappa shape index (κ2) is 10.6. The number of nitrogens with one attached hydrogen (secondary N) is 1. The Morgan fingerprint density at radius 3 is 2.32 bits per heavy atom. The van der Waals surface area contributed by atoms with Gasteiger partial charge in [0.1, 0.15) is 0 Å². The summed E-state index contributed by atoms with van der Waals surface area (Å²) in [5.41, 5.74) is 1.11. The van der Waals surface area contributed by atoms with Crippen molar-refractivity contribution >= 4 is 33.4 Å². The molecule has 0 unspecified atom stereocenters. The molecular formula is C20H26N2O4S2. The first-order chi connectivity index (χ1) is 13.4. The van der Waals surface area contributed by atoms with Crippen LogP contribution in [0.25, 0.3) is 0 Å². The zero-order valence-electron chi connectivity index (χ0n) is 16.3. The Balaban J connectivity index is 2.14. The number of anilines is 1. The minimum Gasteiger partial charge on any atom is -0.384 e. The van der Waals surface area contributed by atoms with E-state index in [1.165, 1.54) is 16.4 Å². The van der Waals surface area contributed by atoms with Gasteiger partial charge >= 0.3 is 0 Å². The molecule has 0 aliphatic carbocycles. The monoisotopic (exact) mass is 422 g/mol. The molecule has 1 N–H and O–H groups in total. The molecule has 0 saturated heterocycles. The van der Waals surface area contributed by atoms with Gasteiger partial charge in [0.15, 0.2) is 0 Å². The molecule has 0 fully saturated rings. The van der Waals surface area contributed by atoms with Gasteiger partial charge in [0.25, 0.3) is 5.91 Å². The van der Waals surface area contributed by atoms with E-state index in [9.17, 15) is 13.2 Å². The van der Waals surface area contributed by atoms with Crippen molar-refractivity contribution in [3.8, 4) is 0 Å². The van der Waals surface area contributed by atoms with Gasteiger partial charge in [-0.3, -0.25) is 4.79 Å². The Hall–Kier alpha value is -1.87. The molecule has 0 radical (unpaired) electrons. The highest BCUT2D eigenvalue weighted by Crippen LogP contribution is 2.24. The normalized spacial score (nSPS) is 11.6. The first kappa shape index (κ1) is 22.4. The summed E-state index contributed by atoms with van der Waals surface area (Å²) < 4.78 is 31.5. The van der Waals surface area contributed by atoms with Gasteiger partial charge < -0.3 is 10.1 Å². The third-order valence-corrected chi connectivity index (χ3v) is 7.23. The molecule has 2 aromatic rings. The topological polar surface area (TPSA) is 75.7 Å². The third-order valence-electron chi connectivity index (χ3n) is 4.13. The third kappa shape index (κ3) is 5.57. The van der Waals surface area contributed by atoms with E-state index in [0.29, 0.717) is 30.9 Å². The number of hydrogen-bond donors (Lipinski definition) is 1. The number of benzene rings is 2. The number of thioether (sulfide) groups is 1. The first-order valence-electron chi connectivity index (χ1n) is 9.06. The fourth-order valence-corrected chi connectivity index (χ4v) is 5.06. The number of ether oxygens (including phenoxy) is 1. The van der Waals surface area contributed by atoms with Gasteiger partial charge in [0, 0.05) is 36.5 Å². The maximum atomic E-state index is 12.7. The molecule has 0 bridgehead atoms. The van der Waals surface area contributed by atoms with Gasteiger partial charge in [0.2, 0.25) is 10.0 Å².